The summed E-state index contributed by atoms with van der Waals surface area (Å²) in [5, 5.41) is 3.32. The summed E-state index contributed by atoms with van der Waals surface area (Å²) in [7, 11) is 0. The molecule has 28 heavy (non-hydrogen) atoms. The van der Waals surface area contributed by atoms with Gasteiger partial charge in [0.15, 0.2) is 5.96 Å². The Morgan fingerprint density at radius 1 is 1.18 bits per heavy atom. The zero-order valence-corrected chi connectivity index (χ0v) is 19.9. The molecule has 0 saturated carbocycles. The standard InChI is InChI=1S/C22H37N5.HI/c1-3-27-11-5-8-21(27)16-25-22(23)24-15-19-6-4-7-20(14-19)17-26-12-9-18(2)10-13-26;/h4,6-7,14,18,21H,3,5,8-13,15-17H2,1-2H3,(H3,23,24,25);1H. The normalized spacial score (nSPS) is 22.2. The summed E-state index contributed by atoms with van der Waals surface area (Å²) in [4.78, 5) is 9.64. The number of likely N-dealkylation sites (tertiary alicyclic amines) is 2. The van der Waals surface area contributed by atoms with Gasteiger partial charge in [-0.25, -0.2) is 4.99 Å². The topological polar surface area (TPSA) is 56.9 Å². The Kier molecular flexibility index (Phi) is 10.0. The lowest BCUT2D eigenvalue weighted by Gasteiger charge is -2.30. The van der Waals surface area contributed by atoms with E-state index in [9.17, 15) is 0 Å². The average molecular weight is 499 g/mol. The summed E-state index contributed by atoms with van der Waals surface area (Å²) in [6.45, 7) is 11.9. The molecule has 0 aliphatic carbocycles. The summed E-state index contributed by atoms with van der Waals surface area (Å²) in [5.41, 5.74) is 8.72. The van der Waals surface area contributed by atoms with E-state index in [2.05, 4.69) is 58.2 Å². The molecule has 1 atom stereocenters. The van der Waals surface area contributed by atoms with Crippen LogP contribution in [-0.4, -0.2) is 54.5 Å². The number of guanidine groups is 1. The van der Waals surface area contributed by atoms with Crippen molar-refractivity contribution in [3.63, 3.8) is 0 Å². The van der Waals surface area contributed by atoms with Gasteiger partial charge in [0.1, 0.15) is 0 Å². The van der Waals surface area contributed by atoms with Crippen LogP contribution in [0.25, 0.3) is 0 Å². The van der Waals surface area contributed by atoms with Crippen molar-refractivity contribution in [1.82, 2.24) is 15.1 Å². The van der Waals surface area contributed by atoms with Gasteiger partial charge in [-0.1, -0.05) is 38.1 Å². The third-order valence-electron chi connectivity index (χ3n) is 6.13. The summed E-state index contributed by atoms with van der Waals surface area (Å²) < 4.78 is 0. The highest BCUT2D eigenvalue weighted by Gasteiger charge is 2.22. The van der Waals surface area contributed by atoms with E-state index < -0.39 is 0 Å². The van der Waals surface area contributed by atoms with E-state index in [-0.39, 0.29) is 24.0 Å². The Morgan fingerprint density at radius 3 is 2.68 bits per heavy atom. The number of hydrogen-bond acceptors (Lipinski definition) is 3. The predicted octanol–water partition coefficient (Wildman–Crippen LogP) is 3.43. The van der Waals surface area contributed by atoms with Crippen LogP contribution in [0.15, 0.2) is 29.3 Å². The molecule has 5 nitrogen and oxygen atoms in total. The van der Waals surface area contributed by atoms with Gasteiger partial charge in [0, 0.05) is 19.1 Å². The highest BCUT2D eigenvalue weighted by molar-refractivity contribution is 14.0. The second-order valence-electron chi connectivity index (χ2n) is 8.29. The van der Waals surface area contributed by atoms with Crippen LogP contribution < -0.4 is 11.1 Å². The monoisotopic (exact) mass is 499 g/mol. The molecule has 0 bridgehead atoms. The van der Waals surface area contributed by atoms with E-state index in [0.29, 0.717) is 18.5 Å². The van der Waals surface area contributed by atoms with Crippen molar-refractivity contribution in [2.24, 2.45) is 16.6 Å². The average Bonchev–Trinajstić information content (AvgIpc) is 3.14. The number of hydrogen-bond donors (Lipinski definition) is 2. The zero-order chi connectivity index (χ0) is 19.1. The SMILES string of the molecule is CCN1CCCC1CNC(N)=NCc1cccc(CN2CCC(C)CC2)c1.I. The Bertz CT molecular complexity index is 613. The van der Waals surface area contributed by atoms with E-state index in [4.69, 9.17) is 5.73 Å². The maximum Gasteiger partial charge on any atom is 0.188 e. The number of halogens is 1. The van der Waals surface area contributed by atoms with Gasteiger partial charge in [-0.2, -0.15) is 0 Å². The summed E-state index contributed by atoms with van der Waals surface area (Å²) in [6.07, 6.45) is 5.19. The fraction of sp³-hybridized carbons (Fsp3) is 0.682. The molecule has 3 rings (SSSR count). The molecule has 1 aromatic carbocycles. The van der Waals surface area contributed by atoms with Crippen LogP contribution in [-0.2, 0) is 13.1 Å². The number of rotatable bonds is 7. The predicted molar refractivity (Wildman–Crippen MR) is 129 cm³/mol. The van der Waals surface area contributed by atoms with Crippen LogP contribution in [0.2, 0.25) is 0 Å². The molecule has 2 saturated heterocycles. The smallest absolute Gasteiger partial charge is 0.188 e. The number of nitrogens with two attached hydrogens (primary N) is 1. The first-order chi connectivity index (χ1) is 13.1. The van der Waals surface area contributed by atoms with Crippen LogP contribution >= 0.6 is 24.0 Å². The van der Waals surface area contributed by atoms with E-state index in [0.717, 1.165) is 25.6 Å². The number of piperidine rings is 1. The molecule has 1 aromatic rings. The fourth-order valence-corrected chi connectivity index (χ4v) is 4.30. The Hall–Kier alpha value is -0.860. The van der Waals surface area contributed by atoms with Gasteiger partial charge in [-0.05, 0) is 68.9 Å². The summed E-state index contributed by atoms with van der Waals surface area (Å²) in [6, 6.07) is 9.40. The van der Waals surface area contributed by atoms with Crippen molar-refractivity contribution in [1.29, 1.82) is 0 Å². The number of nitrogens with one attached hydrogen (secondary N) is 1. The van der Waals surface area contributed by atoms with Crippen molar-refractivity contribution >= 4 is 29.9 Å². The van der Waals surface area contributed by atoms with Crippen molar-refractivity contribution < 1.29 is 0 Å². The van der Waals surface area contributed by atoms with Crippen molar-refractivity contribution in [2.45, 2.75) is 58.7 Å². The second kappa shape index (κ2) is 12.0. The number of benzene rings is 1. The maximum absolute atomic E-state index is 6.10. The number of likely N-dealkylation sites (N-methyl/N-ethyl adjacent to an activating group) is 1. The van der Waals surface area contributed by atoms with Gasteiger partial charge in [-0.15, -0.1) is 24.0 Å². The van der Waals surface area contributed by atoms with Gasteiger partial charge in [-0.3, -0.25) is 9.80 Å². The Labute approximate surface area is 188 Å². The quantitative estimate of drug-likeness (QED) is 0.343. The third-order valence-corrected chi connectivity index (χ3v) is 6.13. The number of aliphatic imine (C=N–C) groups is 1. The molecule has 0 amide bonds. The van der Waals surface area contributed by atoms with Crippen LogP contribution in [0.4, 0.5) is 0 Å². The van der Waals surface area contributed by atoms with Gasteiger partial charge < -0.3 is 11.1 Å². The Morgan fingerprint density at radius 2 is 1.93 bits per heavy atom. The van der Waals surface area contributed by atoms with Crippen molar-refractivity contribution in [3.05, 3.63) is 35.4 Å². The first-order valence-electron chi connectivity index (χ1n) is 10.7. The van der Waals surface area contributed by atoms with Crippen molar-refractivity contribution in [2.75, 3.05) is 32.7 Å². The molecular formula is C22H38IN5. The molecule has 0 spiro atoms. The minimum Gasteiger partial charge on any atom is -0.370 e. The molecule has 158 valence electrons. The lowest BCUT2D eigenvalue weighted by Crippen LogP contribution is -2.42. The van der Waals surface area contributed by atoms with E-state index in [1.807, 2.05) is 0 Å². The maximum atomic E-state index is 6.10. The van der Waals surface area contributed by atoms with Crippen LogP contribution in [0.5, 0.6) is 0 Å². The molecule has 1 unspecified atom stereocenters. The van der Waals surface area contributed by atoms with Gasteiger partial charge in [0.2, 0.25) is 0 Å². The van der Waals surface area contributed by atoms with E-state index in [1.54, 1.807) is 0 Å². The summed E-state index contributed by atoms with van der Waals surface area (Å²) in [5.74, 6) is 1.44. The molecule has 2 aliphatic heterocycles. The molecule has 2 aliphatic rings. The molecule has 0 aromatic heterocycles. The molecule has 0 radical (unpaired) electrons. The van der Waals surface area contributed by atoms with E-state index in [1.165, 1.54) is 56.4 Å². The zero-order valence-electron chi connectivity index (χ0n) is 17.6. The van der Waals surface area contributed by atoms with Gasteiger partial charge in [0.25, 0.3) is 0 Å². The molecule has 2 heterocycles. The number of nitrogens with zero attached hydrogens (tertiary/aromatic N) is 3. The molecule has 2 fully saturated rings. The fourth-order valence-electron chi connectivity index (χ4n) is 4.30. The lowest BCUT2D eigenvalue weighted by molar-refractivity contribution is 0.185. The van der Waals surface area contributed by atoms with Gasteiger partial charge >= 0.3 is 0 Å². The van der Waals surface area contributed by atoms with Crippen LogP contribution in [0, 0.1) is 5.92 Å². The molecule has 6 heteroatoms. The van der Waals surface area contributed by atoms with Crippen molar-refractivity contribution in [3.8, 4) is 0 Å². The minimum atomic E-state index is 0. The minimum absolute atomic E-state index is 0. The third kappa shape index (κ3) is 7.19. The second-order valence-corrected chi connectivity index (χ2v) is 8.29. The Balaban J connectivity index is 0.00000280. The largest absolute Gasteiger partial charge is 0.370 e. The summed E-state index contributed by atoms with van der Waals surface area (Å²) >= 11 is 0. The highest BCUT2D eigenvalue weighted by Crippen LogP contribution is 2.19. The van der Waals surface area contributed by atoms with Crippen LogP contribution in [0.1, 0.15) is 50.7 Å². The van der Waals surface area contributed by atoms with E-state index >= 15 is 0 Å². The first kappa shape index (κ1) is 23.4. The molecular weight excluding hydrogens is 461 g/mol. The lowest BCUT2D eigenvalue weighted by atomic mass is 9.98. The van der Waals surface area contributed by atoms with Gasteiger partial charge in [0.05, 0.1) is 6.54 Å². The molecule has 3 N–H and O–H groups in total. The highest BCUT2D eigenvalue weighted by atomic mass is 127. The first-order valence-corrected chi connectivity index (χ1v) is 10.7. The van der Waals surface area contributed by atoms with Crippen LogP contribution in [0.3, 0.4) is 0 Å².